The lowest BCUT2D eigenvalue weighted by Gasteiger charge is -2.28. The number of Topliss-reactive ketones (excluding diaryl/α,β-unsaturated/α-hetero) is 1. The predicted molar refractivity (Wildman–Crippen MR) is 92.8 cm³/mol. The van der Waals surface area contributed by atoms with Gasteiger partial charge in [-0.2, -0.15) is 0 Å². The van der Waals surface area contributed by atoms with Crippen LogP contribution in [0.25, 0.3) is 0 Å². The molecule has 1 aromatic rings. The number of rotatable bonds is 6. The summed E-state index contributed by atoms with van der Waals surface area (Å²) in [6.45, 7) is 5.92. The summed E-state index contributed by atoms with van der Waals surface area (Å²) >= 11 is 5.47. The first-order valence-corrected chi connectivity index (χ1v) is 8.54. The molecule has 0 saturated carbocycles. The molecule has 3 nitrogen and oxygen atoms in total. The van der Waals surface area contributed by atoms with Crippen molar-refractivity contribution in [1.82, 2.24) is 4.90 Å². The monoisotopic (exact) mass is 319 g/mol. The summed E-state index contributed by atoms with van der Waals surface area (Å²) in [6.07, 6.45) is 3.28. The van der Waals surface area contributed by atoms with Crippen LogP contribution in [0.2, 0.25) is 0 Å². The minimum atomic E-state index is -0.162. The van der Waals surface area contributed by atoms with Gasteiger partial charge < -0.3 is 9.64 Å². The number of benzene rings is 1. The van der Waals surface area contributed by atoms with E-state index >= 15 is 0 Å². The van der Waals surface area contributed by atoms with E-state index in [0.717, 1.165) is 18.7 Å². The maximum absolute atomic E-state index is 11.8. The van der Waals surface area contributed by atoms with E-state index in [0.29, 0.717) is 18.0 Å². The first kappa shape index (κ1) is 16.9. The van der Waals surface area contributed by atoms with Gasteiger partial charge in [0.15, 0.2) is 0 Å². The zero-order valence-electron chi connectivity index (χ0n) is 13.5. The second kappa shape index (κ2) is 8.28. The highest BCUT2D eigenvalue weighted by molar-refractivity contribution is 7.80. The SMILES string of the molecule is CCC(=O)CC(C)C(OC(=S)N1CCCC1)c1ccccc1. The molecule has 120 valence electrons. The third-order valence-electron chi connectivity index (χ3n) is 4.18. The van der Waals surface area contributed by atoms with Crippen molar-refractivity contribution in [3.05, 3.63) is 35.9 Å². The number of carbonyl (C=O) groups excluding carboxylic acids is 1. The van der Waals surface area contributed by atoms with E-state index in [1.807, 2.05) is 37.3 Å². The van der Waals surface area contributed by atoms with Crippen LogP contribution in [0.15, 0.2) is 30.3 Å². The molecule has 22 heavy (non-hydrogen) atoms. The highest BCUT2D eigenvalue weighted by Gasteiger charge is 2.26. The molecular formula is C18H25NO2S. The number of ether oxygens (including phenoxy) is 1. The Morgan fingerprint density at radius 1 is 1.27 bits per heavy atom. The maximum Gasteiger partial charge on any atom is 0.259 e. The van der Waals surface area contributed by atoms with Crippen LogP contribution in [0, 0.1) is 5.92 Å². The standard InChI is InChI=1S/C18H25NO2S/c1-3-16(20)13-14(2)17(15-9-5-4-6-10-15)21-18(22)19-11-7-8-12-19/h4-6,9-10,14,17H,3,7-8,11-13H2,1-2H3. The van der Waals surface area contributed by atoms with Crippen molar-refractivity contribution in [3.8, 4) is 0 Å². The first-order chi connectivity index (χ1) is 10.6. The lowest BCUT2D eigenvalue weighted by Crippen LogP contribution is -2.31. The van der Waals surface area contributed by atoms with Gasteiger partial charge in [-0.1, -0.05) is 44.2 Å². The molecule has 1 saturated heterocycles. The molecular weight excluding hydrogens is 294 g/mol. The van der Waals surface area contributed by atoms with Gasteiger partial charge in [-0.3, -0.25) is 4.79 Å². The van der Waals surface area contributed by atoms with Crippen LogP contribution in [0.5, 0.6) is 0 Å². The summed E-state index contributed by atoms with van der Waals surface area (Å²) in [7, 11) is 0. The summed E-state index contributed by atoms with van der Waals surface area (Å²) in [4.78, 5) is 13.9. The molecule has 1 aliphatic heterocycles. The largest absolute Gasteiger partial charge is 0.462 e. The number of thiocarbonyl (C=S) groups is 1. The van der Waals surface area contributed by atoms with Crippen LogP contribution in [0.1, 0.15) is 51.2 Å². The van der Waals surface area contributed by atoms with E-state index < -0.39 is 0 Å². The zero-order chi connectivity index (χ0) is 15.9. The normalized spacial score (nSPS) is 17.1. The number of hydrogen-bond acceptors (Lipinski definition) is 3. The third-order valence-corrected chi connectivity index (χ3v) is 4.54. The zero-order valence-corrected chi connectivity index (χ0v) is 14.3. The molecule has 1 fully saturated rings. The fraction of sp³-hybridized carbons (Fsp3) is 0.556. The molecule has 0 N–H and O–H groups in total. The minimum Gasteiger partial charge on any atom is -0.462 e. The Labute approximate surface area is 138 Å². The fourth-order valence-corrected chi connectivity index (χ4v) is 3.14. The van der Waals surface area contributed by atoms with Crippen molar-refractivity contribution >= 4 is 23.2 Å². The van der Waals surface area contributed by atoms with Crippen molar-refractivity contribution in [3.63, 3.8) is 0 Å². The van der Waals surface area contributed by atoms with Crippen LogP contribution in [0.4, 0.5) is 0 Å². The summed E-state index contributed by atoms with van der Waals surface area (Å²) < 4.78 is 6.13. The lowest BCUT2D eigenvalue weighted by atomic mass is 9.92. The summed E-state index contributed by atoms with van der Waals surface area (Å²) in [5.41, 5.74) is 1.08. The molecule has 0 spiro atoms. The molecule has 4 heteroatoms. The van der Waals surface area contributed by atoms with Crippen LogP contribution in [-0.4, -0.2) is 28.9 Å². The average Bonchev–Trinajstić information content (AvgIpc) is 3.07. The van der Waals surface area contributed by atoms with Crippen LogP contribution in [0.3, 0.4) is 0 Å². The van der Waals surface area contributed by atoms with E-state index in [4.69, 9.17) is 17.0 Å². The quantitative estimate of drug-likeness (QED) is 0.737. The Morgan fingerprint density at radius 2 is 1.91 bits per heavy atom. The highest BCUT2D eigenvalue weighted by atomic mass is 32.1. The van der Waals surface area contributed by atoms with Gasteiger partial charge in [-0.25, -0.2) is 0 Å². The lowest BCUT2D eigenvalue weighted by molar-refractivity contribution is -0.120. The van der Waals surface area contributed by atoms with Gasteiger partial charge in [0.05, 0.1) is 0 Å². The van der Waals surface area contributed by atoms with E-state index in [1.54, 1.807) is 0 Å². The number of hydrogen-bond donors (Lipinski definition) is 0. The Morgan fingerprint density at radius 3 is 2.50 bits per heavy atom. The summed E-state index contributed by atoms with van der Waals surface area (Å²) in [6, 6.07) is 10.1. The van der Waals surface area contributed by atoms with Gasteiger partial charge in [0.25, 0.3) is 5.17 Å². The molecule has 2 unspecified atom stereocenters. The molecule has 1 heterocycles. The van der Waals surface area contributed by atoms with Gasteiger partial charge in [-0.15, -0.1) is 0 Å². The Kier molecular flexibility index (Phi) is 6.37. The second-order valence-electron chi connectivity index (χ2n) is 5.98. The number of likely N-dealkylation sites (tertiary alicyclic amines) is 1. The van der Waals surface area contributed by atoms with Gasteiger partial charge in [-0.05, 0) is 30.6 Å². The van der Waals surface area contributed by atoms with E-state index in [9.17, 15) is 4.79 Å². The Bertz CT molecular complexity index is 497. The van der Waals surface area contributed by atoms with Crippen molar-refractivity contribution in [2.24, 2.45) is 5.92 Å². The number of carbonyl (C=O) groups is 1. The average molecular weight is 319 g/mol. The molecule has 0 aromatic heterocycles. The maximum atomic E-state index is 11.8. The van der Waals surface area contributed by atoms with Gasteiger partial charge in [0, 0.05) is 31.8 Å². The van der Waals surface area contributed by atoms with Gasteiger partial charge in [0.1, 0.15) is 11.9 Å². The van der Waals surface area contributed by atoms with E-state index in [2.05, 4.69) is 11.8 Å². The summed E-state index contributed by atoms with van der Waals surface area (Å²) in [5.74, 6) is 0.375. The number of ketones is 1. The van der Waals surface area contributed by atoms with Crippen molar-refractivity contribution in [2.45, 2.75) is 45.6 Å². The van der Waals surface area contributed by atoms with Crippen LogP contribution >= 0.6 is 12.2 Å². The summed E-state index contributed by atoms with van der Waals surface area (Å²) in [5, 5.41) is 0.571. The smallest absolute Gasteiger partial charge is 0.259 e. The van der Waals surface area contributed by atoms with Crippen molar-refractivity contribution in [1.29, 1.82) is 0 Å². The molecule has 2 rings (SSSR count). The van der Waals surface area contributed by atoms with Crippen LogP contribution < -0.4 is 0 Å². The third kappa shape index (κ3) is 4.54. The van der Waals surface area contributed by atoms with E-state index in [-0.39, 0.29) is 17.8 Å². The van der Waals surface area contributed by atoms with Crippen LogP contribution in [-0.2, 0) is 9.53 Å². The first-order valence-electron chi connectivity index (χ1n) is 8.14. The molecule has 0 bridgehead atoms. The van der Waals surface area contributed by atoms with Crippen molar-refractivity contribution < 1.29 is 9.53 Å². The second-order valence-corrected chi connectivity index (χ2v) is 6.33. The molecule has 0 aliphatic carbocycles. The highest BCUT2D eigenvalue weighted by Crippen LogP contribution is 2.30. The molecule has 0 amide bonds. The molecule has 0 radical (unpaired) electrons. The Balaban J connectivity index is 2.10. The Hall–Kier alpha value is -1.42. The minimum absolute atomic E-state index is 0.107. The number of nitrogens with zero attached hydrogens (tertiary/aromatic N) is 1. The van der Waals surface area contributed by atoms with Gasteiger partial charge in [0.2, 0.25) is 0 Å². The van der Waals surface area contributed by atoms with Gasteiger partial charge >= 0.3 is 0 Å². The molecule has 1 aliphatic rings. The van der Waals surface area contributed by atoms with E-state index in [1.165, 1.54) is 12.8 Å². The predicted octanol–water partition coefficient (Wildman–Crippen LogP) is 4.13. The van der Waals surface area contributed by atoms with Crippen molar-refractivity contribution in [2.75, 3.05) is 13.1 Å². The fourth-order valence-electron chi connectivity index (χ4n) is 2.85. The topological polar surface area (TPSA) is 29.5 Å². The molecule has 2 atom stereocenters. The molecule has 1 aromatic carbocycles.